The number of imidazole rings is 1. The molecule has 5 N–H and O–H groups in total. The Bertz CT molecular complexity index is 1180. The maximum atomic E-state index is 12.5. The van der Waals surface area contributed by atoms with E-state index in [-0.39, 0.29) is 11.6 Å². The lowest BCUT2D eigenvalue weighted by Gasteiger charge is -2.30. The number of piperidine rings is 1. The van der Waals surface area contributed by atoms with Crippen molar-refractivity contribution in [1.29, 1.82) is 0 Å². The predicted molar refractivity (Wildman–Crippen MR) is 131 cm³/mol. The molecule has 0 spiro atoms. The van der Waals surface area contributed by atoms with E-state index in [1.807, 2.05) is 13.0 Å². The number of primary amides is 1. The number of nitrogens with one attached hydrogen (secondary N) is 1. The highest BCUT2D eigenvalue weighted by Crippen LogP contribution is 2.27. The van der Waals surface area contributed by atoms with Crippen molar-refractivity contribution in [3.05, 3.63) is 78.0 Å². The van der Waals surface area contributed by atoms with Crippen LogP contribution in [0.1, 0.15) is 46.4 Å². The van der Waals surface area contributed by atoms with E-state index < -0.39 is 5.91 Å². The number of benzene rings is 1. The summed E-state index contributed by atoms with van der Waals surface area (Å²) in [6.07, 6.45) is 8.49. The van der Waals surface area contributed by atoms with Crippen molar-refractivity contribution in [1.82, 2.24) is 19.5 Å². The topological polar surface area (TPSA) is 132 Å². The zero-order valence-corrected chi connectivity index (χ0v) is 19.1. The average Bonchev–Trinajstić information content (AvgIpc) is 3.17. The highest BCUT2D eigenvalue weighted by Gasteiger charge is 2.25. The molecule has 3 heterocycles. The van der Waals surface area contributed by atoms with Crippen LogP contribution in [0.5, 0.6) is 0 Å². The Balaban J connectivity index is 1.52. The summed E-state index contributed by atoms with van der Waals surface area (Å²) in [6.45, 7) is 3.99. The second-order valence-corrected chi connectivity index (χ2v) is 8.37. The number of nitrogens with zero attached hydrogens (tertiary/aromatic N) is 4. The van der Waals surface area contributed by atoms with E-state index in [4.69, 9.17) is 16.6 Å². The molecule has 34 heavy (non-hydrogen) atoms. The van der Waals surface area contributed by atoms with Gasteiger partial charge in [0.1, 0.15) is 17.3 Å². The smallest absolute Gasteiger partial charge is 0.269 e. The van der Waals surface area contributed by atoms with Crippen LogP contribution in [0, 0.1) is 5.92 Å². The molecule has 0 saturated carbocycles. The van der Waals surface area contributed by atoms with Gasteiger partial charge in [-0.05, 0) is 56.1 Å². The molecule has 0 unspecified atom stereocenters. The minimum atomic E-state index is -0.642. The zero-order chi connectivity index (χ0) is 24.1. The number of hydrogen-bond acceptors (Lipinski definition) is 6. The van der Waals surface area contributed by atoms with Crippen molar-refractivity contribution in [3.63, 3.8) is 0 Å². The lowest BCUT2D eigenvalue weighted by molar-refractivity contribution is 0.0991. The molecule has 1 saturated heterocycles. The van der Waals surface area contributed by atoms with E-state index in [2.05, 4.69) is 21.4 Å². The first-order chi connectivity index (χ1) is 16.5. The molecule has 0 radical (unpaired) electrons. The summed E-state index contributed by atoms with van der Waals surface area (Å²) in [4.78, 5) is 35.8. The number of likely N-dealkylation sites (tertiary alicyclic amines) is 1. The van der Waals surface area contributed by atoms with Crippen LogP contribution in [0.2, 0.25) is 0 Å². The molecule has 2 amide bonds. The van der Waals surface area contributed by atoms with E-state index in [0.717, 1.165) is 25.9 Å². The van der Waals surface area contributed by atoms with E-state index in [0.29, 0.717) is 40.8 Å². The molecular formula is C25H29N7O2. The van der Waals surface area contributed by atoms with E-state index in [1.165, 1.54) is 4.68 Å². The van der Waals surface area contributed by atoms with Gasteiger partial charge in [0.2, 0.25) is 0 Å². The summed E-state index contributed by atoms with van der Waals surface area (Å²) in [6, 6.07) is 12.1. The van der Waals surface area contributed by atoms with E-state index in [9.17, 15) is 9.59 Å². The summed E-state index contributed by atoms with van der Waals surface area (Å²) in [7, 11) is 0. The fraction of sp³-hybridized carbons (Fsp3) is 0.280. The number of carbonyl (C=O) groups excluding carboxylic acids is 2. The summed E-state index contributed by atoms with van der Waals surface area (Å²) in [5, 5.41) is 2.75. The Hall–Kier alpha value is -4.14. The van der Waals surface area contributed by atoms with Gasteiger partial charge in [-0.2, -0.15) is 0 Å². The highest BCUT2D eigenvalue weighted by molar-refractivity contribution is 6.04. The monoisotopic (exact) mass is 459 g/mol. The summed E-state index contributed by atoms with van der Waals surface area (Å²) in [5.74, 6) is 6.86. The van der Waals surface area contributed by atoms with Gasteiger partial charge >= 0.3 is 0 Å². The lowest BCUT2D eigenvalue weighted by Crippen LogP contribution is -2.31. The van der Waals surface area contributed by atoms with E-state index >= 15 is 0 Å². The number of amides is 2. The third kappa shape index (κ3) is 5.09. The first-order valence-electron chi connectivity index (χ1n) is 11.3. The number of allylic oxidation sites excluding steroid dienone is 1. The first-order valence-corrected chi connectivity index (χ1v) is 11.3. The summed E-state index contributed by atoms with van der Waals surface area (Å²) < 4.78 is 1.32. The number of pyridine rings is 1. The molecule has 4 rings (SSSR count). The Morgan fingerprint density at radius 3 is 2.50 bits per heavy atom. The summed E-state index contributed by atoms with van der Waals surface area (Å²) >= 11 is 0. The number of nitrogen functional groups attached to an aromatic ring is 1. The highest BCUT2D eigenvalue weighted by atomic mass is 16.2. The molecule has 2 aromatic heterocycles. The van der Waals surface area contributed by atoms with Crippen molar-refractivity contribution in [3.8, 4) is 11.3 Å². The minimum absolute atomic E-state index is 0.159. The average molecular weight is 460 g/mol. The van der Waals surface area contributed by atoms with Crippen LogP contribution in [-0.4, -0.2) is 44.4 Å². The zero-order valence-electron chi connectivity index (χ0n) is 19.1. The van der Waals surface area contributed by atoms with Gasteiger partial charge in [-0.3, -0.25) is 9.59 Å². The second-order valence-electron chi connectivity index (χ2n) is 8.37. The number of hydrogen-bond donors (Lipinski definition) is 3. The molecule has 0 aliphatic carbocycles. The predicted octanol–water partition coefficient (Wildman–Crippen LogP) is 2.80. The molecular weight excluding hydrogens is 430 g/mol. The molecule has 0 atom stereocenters. The van der Waals surface area contributed by atoms with Crippen LogP contribution < -0.4 is 16.9 Å². The molecule has 1 aliphatic heterocycles. The van der Waals surface area contributed by atoms with Gasteiger partial charge in [-0.15, -0.1) is 0 Å². The number of nitrogens with two attached hydrogens (primary N) is 2. The number of aromatic nitrogens is 3. The maximum Gasteiger partial charge on any atom is 0.269 e. The Morgan fingerprint density at radius 1 is 1.15 bits per heavy atom. The molecule has 9 nitrogen and oxygen atoms in total. The Labute approximate surface area is 198 Å². The van der Waals surface area contributed by atoms with Crippen LogP contribution in [0.25, 0.3) is 11.3 Å². The number of carbonyl (C=O) groups is 2. The van der Waals surface area contributed by atoms with Gasteiger partial charge in [-0.25, -0.2) is 14.6 Å². The Kier molecular flexibility index (Phi) is 6.91. The first kappa shape index (κ1) is 23.0. The molecule has 176 valence electrons. The molecule has 0 bridgehead atoms. The molecule has 1 aliphatic rings. The van der Waals surface area contributed by atoms with Crippen LogP contribution in [-0.2, 0) is 6.42 Å². The number of rotatable bonds is 7. The largest absolute Gasteiger partial charge is 0.378 e. The van der Waals surface area contributed by atoms with Gasteiger partial charge in [0.25, 0.3) is 11.8 Å². The third-order valence-corrected chi connectivity index (χ3v) is 6.02. The molecule has 3 aromatic rings. The molecule has 9 heteroatoms. The fourth-order valence-electron chi connectivity index (χ4n) is 4.24. The van der Waals surface area contributed by atoms with Crippen LogP contribution in [0.15, 0.2) is 60.9 Å². The minimum Gasteiger partial charge on any atom is -0.378 e. The van der Waals surface area contributed by atoms with Gasteiger partial charge < -0.3 is 21.8 Å². The van der Waals surface area contributed by atoms with Crippen molar-refractivity contribution in [2.45, 2.75) is 26.2 Å². The van der Waals surface area contributed by atoms with Gasteiger partial charge in [0.05, 0.1) is 0 Å². The van der Waals surface area contributed by atoms with Crippen LogP contribution >= 0.6 is 0 Å². The quantitative estimate of drug-likeness (QED) is 0.466. The van der Waals surface area contributed by atoms with Crippen molar-refractivity contribution < 1.29 is 9.59 Å². The fourth-order valence-corrected chi connectivity index (χ4v) is 4.24. The second kappa shape index (κ2) is 10.2. The standard InChI is InChI=1S/C25H29N7O2/c1-2-13-31-14-10-17(11-15-31)16-21-30-22(23(24(26)33)32(21)27)18-6-8-19(9-7-18)25(34)29-20-5-3-4-12-28-20/h2-9,12-13,17H,10-11,14-16,27H2,1H3,(H2,26,33)(H,28,29,34). The van der Waals surface area contributed by atoms with Crippen LogP contribution in [0.4, 0.5) is 5.82 Å². The summed E-state index contributed by atoms with van der Waals surface area (Å²) in [5.41, 5.74) is 7.35. The van der Waals surface area contributed by atoms with Gasteiger partial charge in [-0.1, -0.05) is 24.3 Å². The molecule has 1 fully saturated rings. The SMILES string of the molecule is CC=CN1CCC(Cc2nc(-c3ccc(C(=O)Nc4ccccn4)cc3)c(C(N)=O)n2N)CC1. The lowest BCUT2D eigenvalue weighted by atomic mass is 9.93. The van der Waals surface area contributed by atoms with Crippen molar-refractivity contribution in [2.24, 2.45) is 11.7 Å². The normalized spacial score (nSPS) is 14.4. The van der Waals surface area contributed by atoms with Crippen molar-refractivity contribution in [2.75, 3.05) is 24.2 Å². The number of anilines is 1. The third-order valence-electron chi connectivity index (χ3n) is 6.02. The maximum absolute atomic E-state index is 12.5. The van der Waals surface area contributed by atoms with Crippen LogP contribution in [0.3, 0.4) is 0 Å². The molecule has 1 aromatic carbocycles. The Morgan fingerprint density at radius 2 is 1.88 bits per heavy atom. The van der Waals surface area contributed by atoms with Crippen molar-refractivity contribution >= 4 is 17.6 Å². The van der Waals surface area contributed by atoms with E-state index in [1.54, 1.807) is 48.7 Å². The van der Waals surface area contributed by atoms with Gasteiger partial charge in [0, 0.05) is 36.8 Å². The van der Waals surface area contributed by atoms with Gasteiger partial charge in [0.15, 0.2) is 5.69 Å².